The number of hydrazone groups is 1. The molecule has 7 heteroatoms. The van der Waals surface area contributed by atoms with E-state index in [-0.39, 0.29) is 5.71 Å². The molecule has 20 heavy (non-hydrogen) atoms. The van der Waals surface area contributed by atoms with Crippen molar-refractivity contribution in [2.24, 2.45) is 5.10 Å². The van der Waals surface area contributed by atoms with E-state index >= 15 is 0 Å². The molecule has 0 atom stereocenters. The molecule has 0 radical (unpaired) electrons. The van der Waals surface area contributed by atoms with Crippen LogP contribution in [-0.4, -0.2) is 32.0 Å². The summed E-state index contributed by atoms with van der Waals surface area (Å²) in [6.07, 6.45) is 0. The predicted molar refractivity (Wildman–Crippen MR) is 76.8 cm³/mol. The quantitative estimate of drug-likeness (QED) is 0.679. The molecule has 0 spiro atoms. The van der Waals surface area contributed by atoms with Crippen molar-refractivity contribution in [1.29, 1.82) is 10.5 Å². The first kappa shape index (κ1) is 14.1. The minimum atomic E-state index is -0.238. The number of anilines is 2. The van der Waals surface area contributed by atoms with Gasteiger partial charge >= 0.3 is 0 Å². The Morgan fingerprint density at radius 3 is 2.65 bits per heavy atom. The van der Waals surface area contributed by atoms with E-state index in [4.69, 9.17) is 26.9 Å². The average molecular weight is 290 g/mol. The SMILES string of the molecule is N#CC(C#N)=NNc1cccc(Cl)c1N1CCOCC1. The highest BCUT2D eigenvalue weighted by Gasteiger charge is 2.17. The van der Waals surface area contributed by atoms with Crippen LogP contribution in [0.1, 0.15) is 0 Å². The van der Waals surface area contributed by atoms with E-state index in [9.17, 15) is 0 Å². The minimum Gasteiger partial charge on any atom is -0.378 e. The summed E-state index contributed by atoms with van der Waals surface area (Å²) in [6, 6.07) is 8.76. The summed E-state index contributed by atoms with van der Waals surface area (Å²) in [7, 11) is 0. The molecule has 1 aliphatic heterocycles. The molecule has 0 unspecified atom stereocenters. The first-order valence-corrected chi connectivity index (χ1v) is 6.39. The van der Waals surface area contributed by atoms with E-state index in [0.717, 1.165) is 18.8 Å². The van der Waals surface area contributed by atoms with Crippen LogP contribution in [0.2, 0.25) is 5.02 Å². The van der Waals surface area contributed by atoms with E-state index in [2.05, 4.69) is 15.4 Å². The van der Waals surface area contributed by atoms with Crippen molar-refractivity contribution >= 4 is 28.7 Å². The zero-order valence-corrected chi connectivity index (χ0v) is 11.4. The zero-order valence-electron chi connectivity index (χ0n) is 10.6. The van der Waals surface area contributed by atoms with Crippen LogP contribution in [0.15, 0.2) is 23.3 Å². The van der Waals surface area contributed by atoms with Gasteiger partial charge in [-0.3, -0.25) is 5.43 Å². The molecule has 2 rings (SSSR count). The molecule has 0 aliphatic carbocycles. The summed E-state index contributed by atoms with van der Waals surface area (Å²) < 4.78 is 5.32. The van der Waals surface area contributed by atoms with Gasteiger partial charge in [-0.1, -0.05) is 17.7 Å². The molecular formula is C13H12ClN5O. The third-order valence-corrected chi connectivity index (χ3v) is 3.12. The van der Waals surface area contributed by atoms with Gasteiger partial charge in [0.15, 0.2) is 0 Å². The highest BCUT2D eigenvalue weighted by molar-refractivity contribution is 6.34. The Balaban J connectivity index is 2.29. The molecule has 102 valence electrons. The summed E-state index contributed by atoms with van der Waals surface area (Å²) in [6.45, 7) is 2.72. The van der Waals surface area contributed by atoms with E-state index in [1.807, 2.05) is 0 Å². The van der Waals surface area contributed by atoms with E-state index in [1.165, 1.54) is 0 Å². The standard InChI is InChI=1S/C13H12ClN5O/c14-11-2-1-3-12(18-17-10(8-15)9-16)13(11)19-4-6-20-7-5-19/h1-3,18H,4-7H2. The summed E-state index contributed by atoms with van der Waals surface area (Å²) in [4.78, 5) is 2.09. The number of halogens is 1. The van der Waals surface area contributed by atoms with Gasteiger partial charge in [-0.2, -0.15) is 15.6 Å². The van der Waals surface area contributed by atoms with Gasteiger partial charge in [-0.25, -0.2) is 0 Å². The second-order valence-corrected chi connectivity index (χ2v) is 4.44. The van der Waals surface area contributed by atoms with E-state index in [0.29, 0.717) is 23.9 Å². The first-order chi connectivity index (χ1) is 9.76. The number of hydrogen-bond acceptors (Lipinski definition) is 6. The number of nitriles is 2. The molecule has 6 nitrogen and oxygen atoms in total. The lowest BCUT2D eigenvalue weighted by molar-refractivity contribution is 0.123. The van der Waals surface area contributed by atoms with Gasteiger partial charge in [0.25, 0.3) is 0 Å². The lowest BCUT2D eigenvalue weighted by atomic mass is 10.2. The lowest BCUT2D eigenvalue weighted by Crippen LogP contribution is -2.36. The van der Waals surface area contributed by atoms with Crippen LogP contribution in [0.25, 0.3) is 0 Å². The van der Waals surface area contributed by atoms with Gasteiger partial charge in [-0.05, 0) is 12.1 Å². The third kappa shape index (κ3) is 3.18. The van der Waals surface area contributed by atoms with Crippen molar-refractivity contribution in [3.8, 4) is 12.1 Å². The third-order valence-electron chi connectivity index (χ3n) is 2.81. The maximum atomic E-state index is 8.68. The Hall–Kier alpha value is -2.28. The Kier molecular flexibility index (Phi) is 4.78. The normalized spacial score (nSPS) is 14.1. The molecule has 0 amide bonds. The number of rotatable bonds is 3. The van der Waals surface area contributed by atoms with Gasteiger partial charge in [0.1, 0.15) is 12.1 Å². The smallest absolute Gasteiger partial charge is 0.237 e. The first-order valence-electron chi connectivity index (χ1n) is 6.01. The maximum absolute atomic E-state index is 8.68. The van der Waals surface area contributed by atoms with Crippen LogP contribution in [0.4, 0.5) is 11.4 Å². The lowest BCUT2D eigenvalue weighted by Gasteiger charge is -2.31. The molecule has 1 aliphatic rings. The minimum absolute atomic E-state index is 0.238. The average Bonchev–Trinajstić information content (AvgIpc) is 2.49. The van der Waals surface area contributed by atoms with Crippen LogP contribution in [0, 0.1) is 22.7 Å². The fraction of sp³-hybridized carbons (Fsp3) is 0.308. The van der Waals surface area contributed by atoms with E-state index in [1.54, 1.807) is 30.3 Å². The molecule has 1 N–H and O–H groups in total. The summed E-state index contributed by atoms with van der Waals surface area (Å²) in [5.74, 6) is 0. The summed E-state index contributed by atoms with van der Waals surface area (Å²) >= 11 is 6.24. The van der Waals surface area contributed by atoms with Crippen molar-refractivity contribution in [2.75, 3.05) is 36.6 Å². The number of nitrogens with zero attached hydrogens (tertiary/aromatic N) is 4. The number of ether oxygens (including phenoxy) is 1. The van der Waals surface area contributed by atoms with Crippen LogP contribution < -0.4 is 10.3 Å². The van der Waals surface area contributed by atoms with Crippen molar-refractivity contribution in [3.63, 3.8) is 0 Å². The molecule has 0 bridgehead atoms. The van der Waals surface area contributed by atoms with Crippen molar-refractivity contribution < 1.29 is 4.74 Å². The fourth-order valence-electron chi connectivity index (χ4n) is 1.91. The maximum Gasteiger partial charge on any atom is 0.237 e. The molecule has 1 saturated heterocycles. The van der Waals surface area contributed by atoms with Gasteiger partial charge in [0.05, 0.1) is 29.6 Å². The number of morpholine rings is 1. The van der Waals surface area contributed by atoms with Gasteiger partial charge in [0, 0.05) is 13.1 Å². The molecular weight excluding hydrogens is 278 g/mol. The van der Waals surface area contributed by atoms with Gasteiger partial charge < -0.3 is 9.64 Å². The molecule has 0 aromatic heterocycles. The van der Waals surface area contributed by atoms with E-state index < -0.39 is 0 Å². The van der Waals surface area contributed by atoms with Crippen LogP contribution in [0.3, 0.4) is 0 Å². The Bertz CT molecular complexity index is 580. The molecule has 1 fully saturated rings. The van der Waals surface area contributed by atoms with Crippen molar-refractivity contribution in [3.05, 3.63) is 23.2 Å². The predicted octanol–water partition coefficient (Wildman–Crippen LogP) is 1.99. The Morgan fingerprint density at radius 1 is 1.30 bits per heavy atom. The molecule has 1 heterocycles. The molecule has 0 saturated carbocycles. The van der Waals surface area contributed by atoms with Crippen LogP contribution in [-0.2, 0) is 4.74 Å². The largest absolute Gasteiger partial charge is 0.378 e. The van der Waals surface area contributed by atoms with Crippen LogP contribution in [0.5, 0.6) is 0 Å². The van der Waals surface area contributed by atoms with Gasteiger partial charge in [0.2, 0.25) is 5.71 Å². The second-order valence-electron chi connectivity index (χ2n) is 4.03. The van der Waals surface area contributed by atoms with Gasteiger partial charge in [-0.15, -0.1) is 0 Å². The topological polar surface area (TPSA) is 84.4 Å². The Morgan fingerprint density at radius 2 is 2.00 bits per heavy atom. The molecule has 1 aromatic carbocycles. The van der Waals surface area contributed by atoms with Crippen molar-refractivity contribution in [1.82, 2.24) is 0 Å². The van der Waals surface area contributed by atoms with Crippen molar-refractivity contribution in [2.45, 2.75) is 0 Å². The second kappa shape index (κ2) is 6.76. The highest BCUT2D eigenvalue weighted by Crippen LogP contribution is 2.34. The summed E-state index contributed by atoms with van der Waals surface area (Å²) in [5, 5.41) is 21.7. The number of hydrogen-bond donors (Lipinski definition) is 1. The number of para-hydroxylation sites is 1. The summed E-state index contributed by atoms with van der Waals surface area (Å²) in [5.41, 5.74) is 3.95. The van der Waals surface area contributed by atoms with Crippen LogP contribution >= 0.6 is 11.6 Å². The Labute approximate surface area is 121 Å². The number of nitrogens with one attached hydrogen (secondary N) is 1. The highest BCUT2D eigenvalue weighted by atomic mass is 35.5. The fourth-order valence-corrected chi connectivity index (χ4v) is 2.20. The number of benzene rings is 1. The monoisotopic (exact) mass is 289 g/mol. The zero-order chi connectivity index (χ0) is 14.4. The molecule has 1 aromatic rings.